The van der Waals surface area contributed by atoms with Gasteiger partial charge in [0.05, 0.1) is 52.2 Å². The number of nitrogens with two attached hydrogens (primary N) is 1. The molecule has 0 aromatic heterocycles. The Morgan fingerprint density at radius 3 is 1.04 bits per heavy atom. The van der Waals surface area contributed by atoms with E-state index >= 15 is 0 Å². The first-order valence-electron chi connectivity index (χ1n) is 40.9. The number of amides is 9. The zero-order valence-electron chi connectivity index (χ0n) is 72.8. The number of nitrogens with one attached hydrogen (secondary N) is 9. The highest BCUT2D eigenvalue weighted by Gasteiger charge is 2.41. The van der Waals surface area contributed by atoms with Crippen LogP contribution in [0.15, 0.2) is 22.9 Å². The SMILES string of the molecule is CC(=O)N/C(=C(/OC(C)=O)C(CCOC(C)=O)OC(C)=O)C(O)OCCCCCC(=O)NCCCNC(=O)CN(CC(=O)NCCCNC(=O)CCCCCOC(O)C(NC(C)=O)C(OC(C)=O)C(CCOC(C)=O)OC(C)=O)C(CCCCN)C(=O)NCCCNC(=O)CCCCCOC(O)/C(NC(C)=O)=C(\OC(C)=O)C(CCOC(C)=O)OC(C)=O. The van der Waals surface area contributed by atoms with Crippen molar-refractivity contribution in [3.63, 3.8) is 0 Å². The van der Waals surface area contributed by atoms with E-state index in [1.54, 1.807) is 0 Å². The lowest BCUT2D eigenvalue weighted by Gasteiger charge is -2.35. The molecule has 0 saturated heterocycles. The molecule has 0 heterocycles. The van der Waals surface area contributed by atoms with Crippen molar-refractivity contribution in [2.75, 3.05) is 98.5 Å². The van der Waals surface area contributed by atoms with E-state index in [0.29, 0.717) is 70.6 Å². The van der Waals surface area contributed by atoms with Crippen molar-refractivity contribution in [1.82, 2.24) is 52.8 Å². The Kier molecular flexibility index (Phi) is 61.5. The van der Waals surface area contributed by atoms with Crippen LogP contribution in [0, 0.1) is 0 Å². The van der Waals surface area contributed by atoms with Crippen molar-refractivity contribution in [3.8, 4) is 0 Å². The molecule has 9 unspecified atom stereocenters. The maximum atomic E-state index is 14.2. The van der Waals surface area contributed by atoms with Crippen molar-refractivity contribution < 1.29 is 158 Å². The topological polar surface area (TPSA) is 616 Å². The molecule has 0 aliphatic carbocycles. The first kappa shape index (κ1) is 113. The van der Waals surface area contributed by atoms with Crippen LogP contribution in [0.3, 0.4) is 0 Å². The molecule has 0 aromatic rings. The van der Waals surface area contributed by atoms with Gasteiger partial charge in [-0.1, -0.05) is 25.7 Å². The zero-order valence-corrected chi connectivity index (χ0v) is 72.8. The number of ether oxygens (including phenoxy) is 12. The Morgan fingerprint density at radius 2 is 0.699 bits per heavy atom. The van der Waals surface area contributed by atoms with Crippen LogP contribution in [0.25, 0.3) is 0 Å². The summed E-state index contributed by atoms with van der Waals surface area (Å²) in [6, 6.07) is -2.49. The lowest BCUT2D eigenvalue weighted by atomic mass is 10.0. The van der Waals surface area contributed by atoms with E-state index in [-0.39, 0.29) is 167 Å². The number of aliphatic hydroxyl groups is 3. The van der Waals surface area contributed by atoms with Crippen LogP contribution in [0.2, 0.25) is 0 Å². The number of hydrogen-bond donors (Lipinski definition) is 13. The van der Waals surface area contributed by atoms with E-state index < -0.39 is 181 Å². The fourth-order valence-corrected chi connectivity index (χ4v) is 11.5. The van der Waals surface area contributed by atoms with Crippen molar-refractivity contribution in [3.05, 3.63) is 22.9 Å². The summed E-state index contributed by atoms with van der Waals surface area (Å²) < 4.78 is 63.4. The molecule has 0 aromatic carbocycles. The molecule has 700 valence electrons. The molecule has 0 bridgehead atoms. The number of unbranched alkanes of at least 4 members (excludes halogenated alkanes) is 7. The fraction of sp³-hybridized carbons (Fsp3) is 0.722. The molecule has 44 nitrogen and oxygen atoms in total. The predicted octanol–water partition coefficient (Wildman–Crippen LogP) is -0.748. The standard InChI is InChI=1S/C79H131N11O33/c1-49(91)87-70(73(121-58(10)100)62(118-55(7)97)31-44-112-52(4)94)77(109)115-41-21-13-16-28-65(103)81-35-24-38-84-68(106)47-90(48-69(107)85-39-25-36-82-66(104)29-17-14-22-42-116-78(110)71(88-50(2)92)74(122-59(11)101)63(119-56(8)98)32-45-113-53(5)95)61(27-19-20-34-80)76(108)86-40-26-37-83-67(105)30-18-15-23-43-117-79(111)72(89-51(3)93)75(123-60(12)102)64(120-57(9)99)33-46-114-54(6)96/h61-64,70,73,77-79,109-111H,13-48,80H2,1-12H3,(H,81,103)(H,82,104)(H,83,105)(H,84,106)(H,85,107)(H,86,108)(H,87,91)(H,88,92)(H,89,93)/b74-71+,75-72+. The molecule has 0 fully saturated rings. The van der Waals surface area contributed by atoms with Crippen LogP contribution in [-0.4, -0.2) is 281 Å². The fourth-order valence-electron chi connectivity index (χ4n) is 11.5. The van der Waals surface area contributed by atoms with Gasteiger partial charge in [-0.2, -0.15) is 0 Å². The van der Waals surface area contributed by atoms with Gasteiger partial charge in [-0.15, -0.1) is 0 Å². The highest BCUT2D eigenvalue weighted by molar-refractivity contribution is 5.86. The summed E-state index contributed by atoms with van der Waals surface area (Å²) in [6.45, 7) is 12.0. The maximum Gasteiger partial charge on any atom is 0.307 e. The summed E-state index contributed by atoms with van der Waals surface area (Å²) in [6.07, 6.45) is -6.34. The van der Waals surface area contributed by atoms with Crippen molar-refractivity contribution in [2.24, 2.45) is 5.73 Å². The van der Waals surface area contributed by atoms with E-state index in [1.165, 1.54) is 4.90 Å². The molecule has 0 spiro atoms. The van der Waals surface area contributed by atoms with Crippen LogP contribution >= 0.6 is 0 Å². The summed E-state index contributed by atoms with van der Waals surface area (Å²) in [4.78, 5) is 225. The van der Waals surface area contributed by atoms with Gasteiger partial charge in [0.1, 0.15) is 23.5 Å². The molecule has 0 rings (SSSR count). The molecule has 0 radical (unpaired) electrons. The molecule has 123 heavy (non-hydrogen) atoms. The molecule has 44 heteroatoms. The average Bonchev–Trinajstić information content (AvgIpc) is 0.767. The minimum Gasteiger partial charge on any atom is -0.466 e. The Hall–Kier alpha value is -10.4. The number of esters is 9. The number of rotatable bonds is 68. The molecule has 9 amide bonds. The first-order valence-corrected chi connectivity index (χ1v) is 40.9. The number of carbonyl (C=O) groups is 18. The predicted molar refractivity (Wildman–Crippen MR) is 430 cm³/mol. The second-order valence-corrected chi connectivity index (χ2v) is 28.1. The van der Waals surface area contributed by atoms with E-state index in [0.717, 1.165) is 83.1 Å². The number of hydrogen-bond acceptors (Lipinski definition) is 35. The summed E-state index contributed by atoms with van der Waals surface area (Å²) in [5.41, 5.74) is 4.97. The summed E-state index contributed by atoms with van der Waals surface area (Å²) in [5.74, 6) is -12.6. The average molecular weight is 1760 g/mol. The third-order valence-corrected chi connectivity index (χ3v) is 16.8. The van der Waals surface area contributed by atoms with Crippen molar-refractivity contribution >= 4 is 107 Å². The van der Waals surface area contributed by atoms with Gasteiger partial charge in [-0.3, -0.25) is 91.2 Å². The largest absolute Gasteiger partial charge is 0.466 e. The van der Waals surface area contributed by atoms with Gasteiger partial charge in [-0.25, -0.2) is 0 Å². The summed E-state index contributed by atoms with van der Waals surface area (Å²) >= 11 is 0. The van der Waals surface area contributed by atoms with Crippen molar-refractivity contribution in [2.45, 2.75) is 273 Å². The monoisotopic (exact) mass is 1760 g/mol. The molecule has 14 N–H and O–H groups in total. The van der Waals surface area contributed by atoms with Crippen LogP contribution < -0.4 is 53.6 Å². The normalized spacial score (nSPS) is 13.6. The number of carbonyl (C=O) groups excluding carboxylic acids is 18. The van der Waals surface area contributed by atoms with Gasteiger partial charge in [0.15, 0.2) is 48.7 Å². The van der Waals surface area contributed by atoms with Gasteiger partial charge in [0, 0.05) is 167 Å². The Morgan fingerprint density at radius 1 is 0.341 bits per heavy atom. The first-order chi connectivity index (χ1) is 58.2. The highest BCUT2D eigenvalue weighted by Crippen LogP contribution is 2.25. The van der Waals surface area contributed by atoms with Gasteiger partial charge in [0.2, 0.25) is 53.2 Å². The molecular weight excluding hydrogens is 1630 g/mol. The number of aliphatic hydroxyl groups excluding tert-OH is 3. The van der Waals surface area contributed by atoms with Gasteiger partial charge >= 0.3 is 53.7 Å². The third-order valence-electron chi connectivity index (χ3n) is 16.8. The zero-order chi connectivity index (χ0) is 92.8. The smallest absolute Gasteiger partial charge is 0.307 e. The minimum absolute atomic E-state index is 0.0623. The van der Waals surface area contributed by atoms with Crippen LogP contribution in [0.4, 0.5) is 0 Å². The Balaban J connectivity index is 6.10. The van der Waals surface area contributed by atoms with Gasteiger partial charge in [-0.05, 0) is 77.2 Å². The van der Waals surface area contributed by atoms with Crippen LogP contribution in [-0.2, 0) is 143 Å². The van der Waals surface area contributed by atoms with Crippen molar-refractivity contribution in [1.29, 1.82) is 0 Å². The molecule has 9 atom stereocenters. The van der Waals surface area contributed by atoms with E-state index in [9.17, 15) is 102 Å². The van der Waals surface area contributed by atoms with E-state index in [2.05, 4.69) is 47.9 Å². The second kappa shape index (κ2) is 67.2. The molecule has 0 saturated carbocycles. The summed E-state index contributed by atoms with van der Waals surface area (Å²) in [5, 5.41) is 57.1. The second-order valence-electron chi connectivity index (χ2n) is 28.1. The molecular formula is C79H131N11O33. The van der Waals surface area contributed by atoms with E-state index in [1.807, 2.05) is 0 Å². The maximum absolute atomic E-state index is 14.2. The third kappa shape index (κ3) is 58.3. The molecule has 0 aliphatic heterocycles. The quantitative estimate of drug-likeness (QED) is 0.0117. The van der Waals surface area contributed by atoms with Gasteiger partial charge < -0.3 is 126 Å². The van der Waals surface area contributed by atoms with Gasteiger partial charge in [0.25, 0.3) is 0 Å². The van der Waals surface area contributed by atoms with E-state index in [4.69, 9.17) is 62.6 Å². The molecule has 0 aliphatic rings. The number of nitrogens with zero attached hydrogens (tertiary/aromatic N) is 1. The minimum atomic E-state index is -1.91. The lowest BCUT2D eigenvalue weighted by molar-refractivity contribution is -0.189. The summed E-state index contributed by atoms with van der Waals surface area (Å²) in [7, 11) is 0. The van der Waals surface area contributed by atoms with Crippen LogP contribution in [0.5, 0.6) is 0 Å². The highest BCUT2D eigenvalue weighted by atomic mass is 16.6. The lowest BCUT2D eigenvalue weighted by Crippen LogP contribution is -2.57. The Bertz CT molecular complexity index is 3430. The van der Waals surface area contributed by atoms with Crippen LogP contribution in [0.1, 0.15) is 218 Å². The Labute approximate surface area is 716 Å².